The standard InChI is InChI=1S/C23H28Cl2O/c1-7-19(24)21-13(3)9-17(10-14(21)4)23(26)18-11-15(5)22(16(6)12-18)20(25)8-2/h9-12,19-20H,7-8H2,1-6H3. The van der Waals surface area contributed by atoms with Crippen LogP contribution in [0.5, 0.6) is 0 Å². The summed E-state index contributed by atoms with van der Waals surface area (Å²) >= 11 is 12.9. The Morgan fingerprint density at radius 2 is 1.00 bits per heavy atom. The van der Waals surface area contributed by atoms with Crippen molar-refractivity contribution in [2.24, 2.45) is 0 Å². The van der Waals surface area contributed by atoms with E-state index in [4.69, 9.17) is 23.2 Å². The van der Waals surface area contributed by atoms with Crippen LogP contribution in [0.1, 0.15) is 86.7 Å². The first-order valence-corrected chi connectivity index (χ1v) is 10.1. The first-order valence-electron chi connectivity index (χ1n) is 9.26. The normalized spacial score (nSPS) is 13.5. The van der Waals surface area contributed by atoms with E-state index >= 15 is 0 Å². The molecule has 1 nitrogen and oxygen atoms in total. The van der Waals surface area contributed by atoms with E-state index < -0.39 is 0 Å². The number of halogens is 2. The molecule has 140 valence electrons. The van der Waals surface area contributed by atoms with Gasteiger partial charge in [0.05, 0.1) is 10.8 Å². The SMILES string of the molecule is CCC(Cl)c1c(C)cc(C(=O)c2cc(C)c(C(Cl)CC)c(C)c2)cc1C. The molecule has 0 saturated heterocycles. The van der Waals surface area contributed by atoms with Crippen LogP contribution in [0.15, 0.2) is 24.3 Å². The van der Waals surface area contributed by atoms with Gasteiger partial charge in [-0.1, -0.05) is 13.8 Å². The van der Waals surface area contributed by atoms with E-state index in [1.807, 2.05) is 52.0 Å². The van der Waals surface area contributed by atoms with Gasteiger partial charge in [0.2, 0.25) is 0 Å². The minimum atomic E-state index is -0.0161. The topological polar surface area (TPSA) is 17.1 Å². The monoisotopic (exact) mass is 390 g/mol. The first-order chi connectivity index (χ1) is 12.2. The van der Waals surface area contributed by atoms with Crippen molar-refractivity contribution in [1.82, 2.24) is 0 Å². The molecule has 0 saturated carbocycles. The van der Waals surface area contributed by atoms with E-state index in [0.29, 0.717) is 11.1 Å². The van der Waals surface area contributed by atoms with E-state index in [2.05, 4.69) is 13.8 Å². The van der Waals surface area contributed by atoms with Crippen molar-refractivity contribution in [1.29, 1.82) is 0 Å². The zero-order chi connectivity index (χ0) is 19.6. The zero-order valence-corrected chi connectivity index (χ0v) is 18.1. The molecule has 0 heterocycles. The fourth-order valence-corrected chi connectivity index (χ4v) is 4.46. The second-order valence-corrected chi connectivity index (χ2v) is 8.18. The molecule has 2 aromatic carbocycles. The van der Waals surface area contributed by atoms with Crippen LogP contribution in [0.25, 0.3) is 0 Å². The van der Waals surface area contributed by atoms with E-state index in [9.17, 15) is 4.79 Å². The van der Waals surface area contributed by atoms with Crippen molar-refractivity contribution in [3.05, 3.63) is 68.8 Å². The number of hydrogen-bond donors (Lipinski definition) is 0. The molecule has 0 aliphatic carbocycles. The van der Waals surface area contributed by atoms with Gasteiger partial charge in [-0.15, -0.1) is 23.2 Å². The van der Waals surface area contributed by atoms with Crippen LogP contribution in [0.4, 0.5) is 0 Å². The Labute approximate surface area is 167 Å². The zero-order valence-electron chi connectivity index (χ0n) is 16.5. The van der Waals surface area contributed by atoms with Crippen molar-refractivity contribution < 1.29 is 4.79 Å². The highest BCUT2D eigenvalue weighted by atomic mass is 35.5. The molecule has 0 aliphatic rings. The van der Waals surface area contributed by atoms with Crippen LogP contribution in [-0.4, -0.2) is 5.78 Å². The molecule has 0 N–H and O–H groups in total. The Hall–Kier alpha value is -1.31. The summed E-state index contributed by atoms with van der Waals surface area (Å²) in [6.45, 7) is 12.3. The fourth-order valence-electron chi connectivity index (χ4n) is 3.77. The van der Waals surface area contributed by atoms with Gasteiger partial charge in [0.15, 0.2) is 5.78 Å². The molecule has 2 aromatic rings. The van der Waals surface area contributed by atoms with Gasteiger partial charge in [-0.2, -0.15) is 0 Å². The Morgan fingerprint density at radius 3 is 1.23 bits per heavy atom. The van der Waals surface area contributed by atoms with E-state index in [1.165, 1.54) is 0 Å². The number of rotatable bonds is 6. The molecular weight excluding hydrogens is 363 g/mol. The maximum atomic E-state index is 13.1. The third-order valence-corrected chi connectivity index (χ3v) is 6.11. The molecule has 0 bridgehead atoms. The number of carbonyl (C=O) groups excluding carboxylic acids is 1. The van der Waals surface area contributed by atoms with Gasteiger partial charge in [0.1, 0.15) is 0 Å². The predicted octanol–water partition coefficient (Wildman–Crippen LogP) is 7.53. The summed E-state index contributed by atoms with van der Waals surface area (Å²) < 4.78 is 0. The predicted molar refractivity (Wildman–Crippen MR) is 113 cm³/mol. The van der Waals surface area contributed by atoms with Crippen molar-refractivity contribution in [2.45, 2.75) is 65.1 Å². The quantitative estimate of drug-likeness (QED) is 0.367. The summed E-state index contributed by atoms with van der Waals surface area (Å²) in [6, 6.07) is 7.85. The number of carbonyl (C=O) groups is 1. The van der Waals surface area contributed by atoms with E-state index in [0.717, 1.165) is 46.2 Å². The van der Waals surface area contributed by atoms with Gasteiger partial charge in [0.25, 0.3) is 0 Å². The number of ketones is 1. The van der Waals surface area contributed by atoms with Crippen LogP contribution >= 0.6 is 23.2 Å². The molecule has 0 radical (unpaired) electrons. The second-order valence-electron chi connectivity index (χ2n) is 7.13. The molecule has 3 heteroatoms. The summed E-state index contributed by atoms with van der Waals surface area (Å²) in [5.74, 6) is 0.0470. The Kier molecular flexibility index (Phi) is 6.93. The molecule has 0 fully saturated rings. The average molecular weight is 391 g/mol. The maximum absolute atomic E-state index is 13.1. The lowest BCUT2D eigenvalue weighted by Gasteiger charge is -2.18. The Bertz CT molecular complexity index is 709. The molecule has 0 aliphatic heterocycles. The first kappa shape index (κ1) is 21.0. The van der Waals surface area contributed by atoms with Crippen LogP contribution in [0, 0.1) is 27.7 Å². The molecule has 2 rings (SSSR count). The fraction of sp³-hybridized carbons (Fsp3) is 0.435. The average Bonchev–Trinajstić information content (AvgIpc) is 2.59. The van der Waals surface area contributed by atoms with Crippen molar-refractivity contribution in [3.8, 4) is 0 Å². The van der Waals surface area contributed by atoms with Gasteiger partial charge in [-0.25, -0.2) is 0 Å². The lowest BCUT2D eigenvalue weighted by atomic mass is 9.90. The number of hydrogen-bond acceptors (Lipinski definition) is 1. The maximum Gasteiger partial charge on any atom is 0.193 e. The lowest BCUT2D eigenvalue weighted by Crippen LogP contribution is -2.08. The largest absolute Gasteiger partial charge is 0.289 e. The molecule has 2 atom stereocenters. The van der Waals surface area contributed by atoms with Crippen molar-refractivity contribution in [3.63, 3.8) is 0 Å². The molecular formula is C23H28Cl2O. The van der Waals surface area contributed by atoms with Crippen LogP contribution in [0.2, 0.25) is 0 Å². The Morgan fingerprint density at radius 1 is 0.731 bits per heavy atom. The number of benzene rings is 2. The summed E-state index contributed by atoms with van der Waals surface area (Å²) in [5, 5.41) is -0.0322. The van der Waals surface area contributed by atoms with E-state index in [-0.39, 0.29) is 16.5 Å². The Balaban J connectivity index is 2.47. The smallest absolute Gasteiger partial charge is 0.193 e. The van der Waals surface area contributed by atoms with Crippen LogP contribution < -0.4 is 0 Å². The summed E-state index contributed by atoms with van der Waals surface area (Å²) in [7, 11) is 0. The molecule has 26 heavy (non-hydrogen) atoms. The highest BCUT2D eigenvalue weighted by Gasteiger charge is 2.19. The van der Waals surface area contributed by atoms with Crippen molar-refractivity contribution >= 4 is 29.0 Å². The third-order valence-electron chi connectivity index (χ3n) is 5.06. The van der Waals surface area contributed by atoms with Gasteiger partial charge < -0.3 is 0 Å². The third kappa shape index (κ3) is 4.15. The summed E-state index contributed by atoms with van der Waals surface area (Å²) in [6.07, 6.45) is 1.74. The van der Waals surface area contributed by atoms with Crippen LogP contribution in [0.3, 0.4) is 0 Å². The summed E-state index contributed by atoms with van der Waals surface area (Å²) in [5.41, 5.74) is 8.02. The highest BCUT2D eigenvalue weighted by molar-refractivity contribution is 6.21. The van der Waals surface area contributed by atoms with Gasteiger partial charge in [-0.05, 0) is 98.2 Å². The molecule has 0 aromatic heterocycles. The van der Waals surface area contributed by atoms with Gasteiger partial charge >= 0.3 is 0 Å². The minimum Gasteiger partial charge on any atom is -0.289 e. The molecule has 0 spiro atoms. The van der Waals surface area contributed by atoms with Crippen molar-refractivity contribution in [2.75, 3.05) is 0 Å². The van der Waals surface area contributed by atoms with Gasteiger partial charge in [0, 0.05) is 11.1 Å². The minimum absolute atomic E-state index is 0.0161. The van der Waals surface area contributed by atoms with Crippen LogP contribution in [-0.2, 0) is 0 Å². The molecule has 2 unspecified atom stereocenters. The van der Waals surface area contributed by atoms with E-state index in [1.54, 1.807) is 0 Å². The van der Waals surface area contributed by atoms with Gasteiger partial charge in [-0.3, -0.25) is 4.79 Å². The summed E-state index contributed by atoms with van der Waals surface area (Å²) in [4.78, 5) is 13.1. The highest BCUT2D eigenvalue weighted by Crippen LogP contribution is 2.33. The second kappa shape index (κ2) is 8.59. The number of alkyl halides is 2. The number of aryl methyl sites for hydroxylation is 4. The lowest BCUT2D eigenvalue weighted by molar-refractivity contribution is 0.103. The molecule has 0 amide bonds.